The fourth-order valence-corrected chi connectivity index (χ4v) is 2.10. The Morgan fingerprint density at radius 3 is 2.55 bits per heavy atom. The molecule has 20 heavy (non-hydrogen) atoms. The van der Waals surface area contributed by atoms with E-state index in [-0.39, 0.29) is 5.75 Å². The molecular weight excluding hydrogens is 286 g/mol. The Kier molecular flexibility index (Phi) is 4.93. The monoisotopic (exact) mass is 298 g/mol. The molecule has 0 aliphatic carbocycles. The van der Waals surface area contributed by atoms with Crippen molar-refractivity contribution in [3.63, 3.8) is 0 Å². The molecule has 0 radical (unpaired) electrons. The Morgan fingerprint density at radius 1 is 1.10 bits per heavy atom. The summed E-state index contributed by atoms with van der Waals surface area (Å²) in [5, 5.41) is 10.7. The normalized spacial score (nSPS) is 12.4. The van der Waals surface area contributed by atoms with Crippen molar-refractivity contribution < 1.29 is 18.6 Å². The van der Waals surface area contributed by atoms with Crippen molar-refractivity contribution in [2.24, 2.45) is 0 Å². The summed E-state index contributed by atoms with van der Waals surface area (Å²) in [7, 11) is 0. The first-order valence-electron chi connectivity index (χ1n) is 6.02. The smallest absolute Gasteiger partial charge is 0.387 e. The number of benzene rings is 2. The molecule has 0 bridgehead atoms. The molecule has 0 aliphatic heterocycles. The molecule has 0 spiro atoms. The van der Waals surface area contributed by atoms with Gasteiger partial charge in [-0.3, -0.25) is 0 Å². The van der Waals surface area contributed by atoms with Crippen LogP contribution in [0.25, 0.3) is 0 Å². The molecule has 2 aromatic carbocycles. The predicted octanol–water partition coefficient (Wildman–Crippen LogP) is 4.22. The highest BCUT2D eigenvalue weighted by Crippen LogP contribution is 2.26. The Labute approximate surface area is 120 Å². The molecule has 0 fully saturated rings. The van der Waals surface area contributed by atoms with Gasteiger partial charge >= 0.3 is 6.61 Å². The van der Waals surface area contributed by atoms with Crippen molar-refractivity contribution in [1.82, 2.24) is 0 Å². The number of halogens is 3. The van der Waals surface area contributed by atoms with Crippen molar-refractivity contribution in [2.45, 2.75) is 19.1 Å². The topological polar surface area (TPSA) is 29.5 Å². The van der Waals surface area contributed by atoms with Gasteiger partial charge in [0, 0.05) is 11.4 Å². The van der Waals surface area contributed by atoms with E-state index < -0.39 is 12.7 Å². The van der Waals surface area contributed by atoms with E-state index in [1.807, 2.05) is 12.1 Å². The van der Waals surface area contributed by atoms with Crippen molar-refractivity contribution >= 4 is 11.6 Å². The van der Waals surface area contributed by atoms with Gasteiger partial charge in [-0.25, -0.2) is 0 Å². The Bertz CT molecular complexity index is 575. The predicted molar refractivity (Wildman–Crippen MR) is 73.2 cm³/mol. The van der Waals surface area contributed by atoms with Crippen LogP contribution in [0.4, 0.5) is 8.78 Å². The summed E-state index contributed by atoms with van der Waals surface area (Å²) in [5.74, 6) is 0.0238. The van der Waals surface area contributed by atoms with E-state index >= 15 is 0 Å². The van der Waals surface area contributed by atoms with Crippen molar-refractivity contribution in [1.29, 1.82) is 0 Å². The standard InChI is InChI=1S/C15H13ClF2O2/c16-13-7-2-1-4-10(13)9-14(19)11-5-3-6-12(8-11)20-15(17)18/h1-8,14-15,19H,9H2. The SMILES string of the molecule is OC(Cc1ccccc1Cl)c1cccc(OC(F)F)c1. The molecule has 0 saturated carbocycles. The average molecular weight is 299 g/mol. The third-order valence-corrected chi connectivity index (χ3v) is 3.21. The van der Waals surface area contributed by atoms with Gasteiger partial charge < -0.3 is 9.84 Å². The molecule has 1 unspecified atom stereocenters. The van der Waals surface area contributed by atoms with Crippen LogP contribution < -0.4 is 4.74 Å². The van der Waals surface area contributed by atoms with Crippen LogP contribution in [0.1, 0.15) is 17.2 Å². The fourth-order valence-electron chi connectivity index (χ4n) is 1.89. The van der Waals surface area contributed by atoms with Crippen LogP contribution in [0.15, 0.2) is 48.5 Å². The van der Waals surface area contributed by atoms with Gasteiger partial charge in [0.25, 0.3) is 0 Å². The van der Waals surface area contributed by atoms with Crippen LogP contribution in [-0.4, -0.2) is 11.7 Å². The molecule has 0 heterocycles. The van der Waals surface area contributed by atoms with Crippen LogP contribution in [0.2, 0.25) is 5.02 Å². The molecule has 2 aromatic rings. The number of alkyl halides is 2. The molecule has 0 aliphatic rings. The minimum Gasteiger partial charge on any atom is -0.435 e. The van der Waals surface area contributed by atoms with Gasteiger partial charge in [0.2, 0.25) is 0 Å². The van der Waals surface area contributed by atoms with Crippen LogP contribution in [0.5, 0.6) is 5.75 Å². The number of aliphatic hydroxyl groups is 1. The van der Waals surface area contributed by atoms with E-state index in [0.29, 0.717) is 17.0 Å². The highest BCUT2D eigenvalue weighted by atomic mass is 35.5. The second-order valence-corrected chi connectivity index (χ2v) is 4.67. The Morgan fingerprint density at radius 2 is 1.85 bits per heavy atom. The number of hydrogen-bond acceptors (Lipinski definition) is 2. The highest BCUT2D eigenvalue weighted by Gasteiger charge is 2.12. The first-order chi connectivity index (χ1) is 9.56. The molecule has 0 amide bonds. The summed E-state index contributed by atoms with van der Waals surface area (Å²) in [6.45, 7) is -2.88. The number of ether oxygens (including phenoxy) is 1. The van der Waals surface area contributed by atoms with Crippen molar-refractivity contribution in [2.75, 3.05) is 0 Å². The molecule has 5 heteroatoms. The zero-order valence-electron chi connectivity index (χ0n) is 10.5. The van der Waals surface area contributed by atoms with Gasteiger partial charge in [0.05, 0.1) is 6.10 Å². The summed E-state index contributed by atoms with van der Waals surface area (Å²) < 4.78 is 28.6. The Balaban J connectivity index is 2.13. The maximum atomic E-state index is 12.2. The van der Waals surface area contributed by atoms with Crippen LogP contribution in [0, 0.1) is 0 Å². The fraction of sp³-hybridized carbons (Fsp3) is 0.200. The second-order valence-electron chi connectivity index (χ2n) is 4.26. The zero-order chi connectivity index (χ0) is 14.5. The maximum Gasteiger partial charge on any atom is 0.387 e. The molecule has 2 rings (SSSR count). The third-order valence-electron chi connectivity index (χ3n) is 2.84. The van der Waals surface area contributed by atoms with E-state index in [2.05, 4.69) is 4.74 Å². The molecule has 106 valence electrons. The largest absolute Gasteiger partial charge is 0.435 e. The van der Waals surface area contributed by atoms with Gasteiger partial charge in [-0.15, -0.1) is 0 Å². The third kappa shape index (κ3) is 3.92. The van der Waals surface area contributed by atoms with E-state index in [9.17, 15) is 13.9 Å². The lowest BCUT2D eigenvalue weighted by Crippen LogP contribution is -2.05. The molecular formula is C15H13ClF2O2. The molecule has 0 aromatic heterocycles. The minimum atomic E-state index is -2.88. The number of rotatable bonds is 5. The summed E-state index contributed by atoms with van der Waals surface area (Å²) in [4.78, 5) is 0. The lowest BCUT2D eigenvalue weighted by molar-refractivity contribution is -0.0499. The van der Waals surface area contributed by atoms with Gasteiger partial charge in [0.15, 0.2) is 0 Å². The second kappa shape index (κ2) is 6.68. The van der Waals surface area contributed by atoms with E-state index in [1.54, 1.807) is 24.3 Å². The van der Waals surface area contributed by atoms with Crippen molar-refractivity contribution in [3.8, 4) is 5.75 Å². The average Bonchev–Trinajstić information content (AvgIpc) is 2.41. The summed E-state index contributed by atoms with van der Waals surface area (Å²) in [6.07, 6.45) is -0.534. The van der Waals surface area contributed by atoms with E-state index in [1.165, 1.54) is 12.1 Å². The molecule has 2 nitrogen and oxygen atoms in total. The van der Waals surface area contributed by atoms with E-state index in [0.717, 1.165) is 5.56 Å². The molecule has 1 N–H and O–H groups in total. The van der Waals surface area contributed by atoms with Gasteiger partial charge in [-0.2, -0.15) is 8.78 Å². The lowest BCUT2D eigenvalue weighted by Gasteiger charge is -2.13. The van der Waals surface area contributed by atoms with Gasteiger partial charge in [-0.1, -0.05) is 41.9 Å². The van der Waals surface area contributed by atoms with Crippen LogP contribution in [-0.2, 0) is 6.42 Å². The number of hydrogen-bond donors (Lipinski definition) is 1. The number of aliphatic hydroxyl groups excluding tert-OH is 1. The lowest BCUT2D eigenvalue weighted by atomic mass is 10.0. The minimum absolute atomic E-state index is 0.0238. The maximum absolute atomic E-state index is 12.2. The zero-order valence-corrected chi connectivity index (χ0v) is 11.2. The van der Waals surface area contributed by atoms with Gasteiger partial charge in [0.1, 0.15) is 5.75 Å². The van der Waals surface area contributed by atoms with Crippen LogP contribution in [0.3, 0.4) is 0 Å². The molecule has 0 saturated heterocycles. The summed E-state index contributed by atoms with van der Waals surface area (Å²) >= 11 is 6.02. The van der Waals surface area contributed by atoms with Gasteiger partial charge in [-0.05, 0) is 29.3 Å². The Hall–Kier alpha value is -1.65. The van der Waals surface area contributed by atoms with Crippen molar-refractivity contribution in [3.05, 3.63) is 64.7 Å². The highest BCUT2D eigenvalue weighted by molar-refractivity contribution is 6.31. The van der Waals surface area contributed by atoms with Crippen LogP contribution >= 0.6 is 11.6 Å². The first kappa shape index (κ1) is 14.8. The summed E-state index contributed by atoms with van der Waals surface area (Å²) in [6, 6.07) is 13.2. The molecule has 1 atom stereocenters. The quantitative estimate of drug-likeness (QED) is 0.895. The first-order valence-corrected chi connectivity index (χ1v) is 6.40. The van der Waals surface area contributed by atoms with E-state index in [4.69, 9.17) is 11.6 Å². The summed E-state index contributed by atoms with van der Waals surface area (Å²) in [5.41, 5.74) is 1.30.